The highest BCUT2D eigenvalue weighted by Crippen LogP contribution is 2.35. The molecule has 0 unspecified atom stereocenters. The van der Waals surface area contributed by atoms with Crippen molar-refractivity contribution in [2.24, 2.45) is 0 Å². The number of benzene rings is 5. The van der Waals surface area contributed by atoms with Gasteiger partial charge in [-0.1, -0.05) is 121 Å². The van der Waals surface area contributed by atoms with Crippen LogP contribution < -0.4 is 0 Å². The van der Waals surface area contributed by atoms with Crippen LogP contribution in [0.2, 0.25) is 0 Å². The fourth-order valence-electron chi connectivity index (χ4n) is 6.20. The Bertz CT molecular complexity index is 2550. The molecule has 0 fully saturated rings. The normalized spacial score (nSPS) is 11.2. The Morgan fingerprint density at radius 2 is 0.840 bits per heavy atom. The van der Waals surface area contributed by atoms with Crippen molar-refractivity contribution in [1.29, 1.82) is 0 Å². The van der Waals surface area contributed by atoms with E-state index >= 15 is 0 Å². The van der Waals surface area contributed by atoms with Crippen LogP contribution in [-0.2, 0) is 0 Å². The third-order valence-electron chi connectivity index (χ3n) is 8.71. The summed E-state index contributed by atoms with van der Waals surface area (Å²) in [4.78, 5) is 33.3. The van der Waals surface area contributed by atoms with Crippen molar-refractivity contribution in [2.45, 2.75) is 0 Å². The first-order valence-corrected chi connectivity index (χ1v) is 16.3. The van der Waals surface area contributed by atoms with Crippen molar-refractivity contribution >= 4 is 21.8 Å². The van der Waals surface area contributed by atoms with E-state index in [4.69, 9.17) is 24.9 Å². The smallest absolute Gasteiger partial charge is 0.164 e. The molecule has 7 heteroatoms. The van der Waals surface area contributed by atoms with Crippen LogP contribution in [0.5, 0.6) is 0 Å². The molecule has 0 aliphatic rings. The Labute approximate surface area is 288 Å². The molecule has 0 aliphatic heterocycles. The van der Waals surface area contributed by atoms with E-state index in [9.17, 15) is 0 Å². The van der Waals surface area contributed by atoms with Crippen LogP contribution in [0.15, 0.2) is 164 Å². The van der Waals surface area contributed by atoms with E-state index in [1.165, 1.54) is 0 Å². The van der Waals surface area contributed by atoms with E-state index in [1.54, 1.807) is 12.4 Å². The molecule has 0 radical (unpaired) electrons. The van der Waals surface area contributed by atoms with Gasteiger partial charge in [-0.05, 0) is 35.4 Å². The van der Waals surface area contributed by atoms with Crippen molar-refractivity contribution in [1.82, 2.24) is 34.9 Å². The minimum atomic E-state index is 0.621. The molecule has 0 amide bonds. The first-order chi connectivity index (χ1) is 24.8. The maximum Gasteiger partial charge on any atom is 0.164 e. The Hall–Kier alpha value is -6.99. The summed E-state index contributed by atoms with van der Waals surface area (Å²) in [5, 5.41) is 2.05. The Balaban J connectivity index is 1.09. The Kier molecular flexibility index (Phi) is 7.33. The quantitative estimate of drug-likeness (QED) is 0.167. The zero-order valence-corrected chi connectivity index (χ0v) is 26.7. The molecule has 0 N–H and O–H groups in total. The molecule has 0 bridgehead atoms. The number of aromatic nitrogens is 7. The second kappa shape index (κ2) is 12.6. The summed E-state index contributed by atoms with van der Waals surface area (Å²) in [5.41, 5.74) is 9.51. The zero-order chi connectivity index (χ0) is 33.3. The molecule has 50 heavy (non-hydrogen) atoms. The van der Waals surface area contributed by atoms with Gasteiger partial charge in [-0.2, -0.15) is 0 Å². The molecule has 7 nitrogen and oxygen atoms in total. The van der Waals surface area contributed by atoms with E-state index in [-0.39, 0.29) is 0 Å². The summed E-state index contributed by atoms with van der Waals surface area (Å²) in [6.45, 7) is 0. The topological polar surface area (TPSA) is 90.2 Å². The van der Waals surface area contributed by atoms with Crippen LogP contribution in [0.1, 0.15) is 0 Å². The summed E-state index contributed by atoms with van der Waals surface area (Å²) >= 11 is 0. The number of hydrogen-bond acceptors (Lipinski definition) is 7. The van der Waals surface area contributed by atoms with Gasteiger partial charge in [0.25, 0.3) is 0 Å². The highest BCUT2D eigenvalue weighted by Gasteiger charge is 2.15. The third-order valence-corrected chi connectivity index (χ3v) is 8.71. The molecule has 234 valence electrons. The number of rotatable bonds is 6. The SMILES string of the molecule is c1ccc(-c2nc(-c3ccccc3)nc(-c3ccc(-c4cc5ccc(-c6ccc(-c7ncccn7)cc6)nc5c5ncccc45)cc3)n2)cc1. The molecular weight excluding hydrogens is 615 g/mol. The first-order valence-electron chi connectivity index (χ1n) is 16.3. The highest BCUT2D eigenvalue weighted by atomic mass is 15.0. The standard InChI is InChI=1S/C43H27N7/c1-3-9-30(10-4-1)41-48-42(31-11-5-2-6-12-31)50-43(49-41)33-18-14-28(15-19-33)36-27-34-22-23-37(47-38(34)39-35(36)13-7-24-44-39)29-16-20-32(21-17-29)40-45-25-8-26-46-40/h1-27H. The van der Waals surface area contributed by atoms with Gasteiger partial charge in [0.1, 0.15) is 0 Å². The van der Waals surface area contributed by atoms with Crippen LogP contribution in [0.4, 0.5) is 0 Å². The van der Waals surface area contributed by atoms with Gasteiger partial charge in [0.15, 0.2) is 23.3 Å². The first kappa shape index (κ1) is 29.2. The Morgan fingerprint density at radius 3 is 1.46 bits per heavy atom. The van der Waals surface area contributed by atoms with Gasteiger partial charge in [-0.25, -0.2) is 29.9 Å². The van der Waals surface area contributed by atoms with E-state index in [1.807, 2.05) is 91.1 Å². The van der Waals surface area contributed by atoms with E-state index in [0.29, 0.717) is 23.3 Å². The summed E-state index contributed by atoms with van der Waals surface area (Å²) in [7, 11) is 0. The molecule has 4 heterocycles. The maximum absolute atomic E-state index is 5.11. The largest absolute Gasteiger partial charge is 0.254 e. The second-order valence-corrected chi connectivity index (χ2v) is 11.9. The molecule has 5 aromatic carbocycles. The number of nitrogens with zero attached hydrogens (tertiary/aromatic N) is 7. The van der Waals surface area contributed by atoms with Crippen molar-refractivity contribution in [2.75, 3.05) is 0 Å². The third kappa shape index (κ3) is 5.52. The van der Waals surface area contributed by atoms with Gasteiger partial charge in [0, 0.05) is 57.2 Å². The summed E-state index contributed by atoms with van der Waals surface area (Å²) in [6.07, 6.45) is 5.33. The van der Waals surface area contributed by atoms with Crippen LogP contribution in [0.25, 0.3) is 89.7 Å². The molecule has 0 saturated heterocycles. The van der Waals surface area contributed by atoms with E-state index in [0.717, 1.165) is 66.4 Å². The summed E-state index contributed by atoms with van der Waals surface area (Å²) < 4.78 is 0. The second-order valence-electron chi connectivity index (χ2n) is 11.9. The number of fused-ring (bicyclic) bond motifs is 3. The molecule has 4 aromatic heterocycles. The fourth-order valence-corrected chi connectivity index (χ4v) is 6.20. The van der Waals surface area contributed by atoms with Gasteiger partial charge < -0.3 is 0 Å². The summed E-state index contributed by atoms with van der Waals surface area (Å²) in [5.74, 6) is 2.59. The van der Waals surface area contributed by atoms with Crippen molar-refractivity contribution < 1.29 is 0 Å². The molecule has 9 aromatic rings. The fraction of sp³-hybridized carbons (Fsp3) is 0. The lowest BCUT2D eigenvalue weighted by Gasteiger charge is -2.12. The average molecular weight is 642 g/mol. The molecular formula is C43H27N7. The lowest BCUT2D eigenvalue weighted by molar-refractivity contribution is 1.07. The summed E-state index contributed by atoms with van der Waals surface area (Å²) in [6, 6.07) is 48.9. The van der Waals surface area contributed by atoms with Crippen molar-refractivity contribution in [3.05, 3.63) is 164 Å². The van der Waals surface area contributed by atoms with Crippen molar-refractivity contribution in [3.8, 4) is 67.9 Å². The molecule has 0 saturated carbocycles. The number of pyridine rings is 2. The van der Waals surface area contributed by atoms with Gasteiger partial charge in [0.05, 0.1) is 16.7 Å². The minimum absolute atomic E-state index is 0.621. The van der Waals surface area contributed by atoms with E-state index in [2.05, 4.69) is 70.6 Å². The lowest BCUT2D eigenvalue weighted by atomic mass is 9.96. The Morgan fingerprint density at radius 1 is 0.320 bits per heavy atom. The lowest BCUT2D eigenvalue weighted by Crippen LogP contribution is -2.00. The molecule has 9 rings (SSSR count). The van der Waals surface area contributed by atoms with Gasteiger partial charge in [0.2, 0.25) is 0 Å². The van der Waals surface area contributed by atoms with Crippen LogP contribution in [-0.4, -0.2) is 34.9 Å². The minimum Gasteiger partial charge on any atom is -0.254 e. The highest BCUT2D eigenvalue weighted by molar-refractivity contribution is 6.10. The molecule has 0 spiro atoms. The predicted octanol–water partition coefficient (Wildman–Crippen LogP) is 9.76. The van der Waals surface area contributed by atoms with Crippen LogP contribution in [0, 0.1) is 0 Å². The van der Waals surface area contributed by atoms with Crippen LogP contribution in [0.3, 0.4) is 0 Å². The monoisotopic (exact) mass is 641 g/mol. The average Bonchev–Trinajstić information content (AvgIpc) is 3.21. The van der Waals surface area contributed by atoms with Crippen molar-refractivity contribution in [3.63, 3.8) is 0 Å². The van der Waals surface area contributed by atoms with Gasteiger partial charge in [-0.15, -0.1) is 0 Å². The number of hydrogen-bond donors (Lipinski definition) is 0. The zero-order valence-electron chi connectivity index (χ0n) is 26.7. The molecule has 0 atom stereocenters. The van der Waals surface area contributed by atoms with Gasteiger partial charge >= 0.3 is 0 Å². The van der Waals surface area contributed by atoms with Gasteiger partial charge in [-0.3, -0.25) is 4.98 Å². The molecule has 0 aliphatic carbocycles. The maximum atomic E-state index is 5.11. The van der Waals surface area contributed by atoms with Crippen LogP contribution >= 0.6 is 0 Å². The van der Waals surface area contributed by atoms with E-state index < -0.39 is 0 Å². The predicted molar refractivity (Wildman–Crippen MR) is 199 cm³/mol.